The molecule has 0 saturated heterocycles. The van der Waals surface area contributed by atoms with Crippen molar-refractivity contribution in [3.63, 3.8) is 0 Å². The Balaban J connectivity index is 1.60. The van der Waals surface area contributed by atoms with Gasteiger partial charge < -0.3 is 0 Å². The number of hydrazone groups is 2. The van der Waals surface area contributed by atoms with Gasteiger partial charge in [-0.05, 0) is 42.0 Å². The smallest absolute Gasteiger partial charge is 0.260 e. The van der Waals surface area contributed by atoms with Crippen LogP contribution in [0.4, 0.5) is 11.8 Å². The number of benzene rings is 2. The van der Waals surface area contributed by atoms with Crippen LogP contribution in [-0.2, 0) is 12.8 Å². The van der Waals surface area contributed by atoms with Gasteiger partial charge in [0.05, 0.1) is 12.4 Å². The van der Waals surface area contributed by atoms with Crippen LogP contribution in [0.5, 0.6) is 0 Å². The maximum Gasteiger partial charge on any atom is 0.265 e. The summed E-state index contributed by atoms with van der Waals surface area (Å²) in [5, 5.41) is 16.5. The predicted molar refractivity (Wildman–Crippen MR) is 119 cm³/mol. The van der Waals surface area contributed by atoms with Gasteiger partial charge in [-0.2, -0.15) is 15.2 Å². The van der Waals surface area contributed by atoms with Gasteiger partial charge in [0.2, 0.25) is 0 Å². The van der Waals surface area contributed by atoms with Gasteiger partial charge in [-0.1, -0.05) is 62.4 Å². The van der Waals surface area contributed by atoms with E-state index in [1.54, 1.807) is 12.4 Å². The molecule has 0 aliphatic rings. The van der Waals surface area contributed by atoms with Gasteiger partial charge in [-0.15, -0.1) is 10.2 Å². The van der Waals surface area contributed by atoms with Gasteiger partial charge >= 0.3 is 0 Å². The Morgan fingerprint density at radius 3 is 1.79 bits per heavy atom. The highest BCUT2D eigenvalue weighted by Gasteiger charge is 2.04. The first-order valence-electron chi connectivity index (χ1n) is 9.65. The molecule has 1 heterocycles. The lowest BCUT2D eigenvalue weighted by Gasteiger charge is -2.04. The topological polar surface area (TPSA) is 87.5 Å². The molecule has 0 amide bonds. The van der Waals surface area contributed by atoms with Gasteiger partial charge in [0, 0.05) is 0 Å². The van der Waals surface area contributed by atoms with E-state index < -0.39 is 0 Å². The zero-order chi connectivity index (χ0) is 20.5. The molecule has 1 aromatic heterocycles. The van der Waals surface area contributed by atoms with Gasteiger partial charge in [-0.3, -0.25) is 5.43 Å². The normalized spacial score (nSPS) is 11.3. The van der Waals surface area contributed by atoms with Crippen molar-refractivity contribution in [3.05, 3.63) is 76.5 Å². The van der Waals surface area contributed by atoms with E-state index in [1.807, 2.05) is 31.2 Å². The van der Waals surface area contributed by atoms with Gasteiger partial charge in [0.15, 0.2) is 5.82 Å². The van der Waals surface area contributed by atoms with E-state index in [0.717, 1.165) is 24.0 Å². The van der Waals surface area contributed by atoms with E-state index in [1.165, 1.54) is 11.1 Å². The van der Waals surface area contributed by atoms with Gasteiger partial charge in [0.1, 0.15) is 5.69 Å². The Kier molecular flexibility index (Phi) is 7.00. The Bertz CT molecular complexity index is 977. The number of aromatic nitrogens is 3. The van der Waals surface area contributed by atoms with Crippen LogP contribution in [0, 0.1) is 6.92 Å². The monoisotopic (exact) mass is 387 g/mol. The lowest BCUT2D eigenvalue weighted by Crippen LogP contribution is -2.05. The first-order valence-corrected chi connectivity index (χ1v) is 9.65. The molecule has 0 atom stereocenters. The van der Waals surface area contributed by atoms with E-state index in [4.69, 9.17) is 0 Å². The highest BCUT2D eigenvalue weighted by atomic mass is 15.4. The van der Waals surface area contributed by atoms with Crippen LogP contribution in [0.2, 0.25) is 0 Å². The zero-order valence-electron chi connectivity index (χ0n) is 16.9. The number of nitrogens with zero attached hydrogens (tertiary/aromatic N) is 5. The van der Waals surface area contributed by atoms with E-state index in [-0.39, 0.29) is 0 Å². The standard InChI is InChI=1S/C22H25N7/c1-4-17-6-10-19(11-7-17)14-23-27-21-16(3)26-29-22(25-21)28-24-15-20-12-8-18(5-2)9-13-20/h6-15H,4-5H2,1-3H3,(H2,25,27,28,29). The molecule has 0 spiro atoms. The highest BCUT2D eigenvalue weighted by molar-refractivity contribution is 5.80. The summed E-state index contributed by atoms with van der Waals surface area (Å²) in [5.74, 6) is 0.813. The van der Waals surface area contributed by atoms with Crippen molar-refractivity contribution in [2.75, 3.05) is 10.9 Å². The lowest BCUT2D eigenvalue weighted by atomic mass is 10.1. The average molecular weight is 387 g/mol. The molecule has 7 nitrogen and oxygen atoms in total. The van der Waals surface area contributed by atoms with Crippen LogP contribution in [-0.4, -0.2) is 27.6 Å². The number of hydrogen-bond donors (Lipinski definition) is 2. The Hall–Kier alpha value is -3.61. The van der Waals surface area contributed by atoms with Crippen molar-refractivity contribution in [1.29, 1.82) is 0 Å². The molecule has 0 bridgehead atoms. The fraction of sp³-hybridized carbons (Fsp3) is 0.227. The second kappa shape index (κ2) is 10.1. The summed E-state index contributed by atoms with van der Waals surface area (Å²) in [6.07, 6.45) is 5.49. The molecule has 0 aliphatic carbocycles. The average Bonchev–Trinajstić information content (AvgIpc) is 2.76. The van der Waals surface area contributed by atoms with Crippen molar-refractivity contribution in [1.82, 2.24) is 15.2 Å². The minimum Gasteiger partial charge on any atom is -0.260 e. The molecule has 2 aromatic carbocycles. The molecule has 0 unspecified atom stereocenters. The molecule has 3 aromatic rings. The van der Waals surface area contributed by atoms with E-state index in [0.29, 0.717) is 17.5 Å². The molecule has 0 saturated carbocycles. The molecule has 2 N–H and O–H groups in total. The molecular weight excluding hydrogens is 362 g/mol. The zero-order valence-corrected chi connectivity index (χ0v) is 16.9. The predicted octanol–water partition coefficient (Wildman–Crippen LogP) is 4.20. The molecule has 148 valence electrons. The summed E-state index contributed by atoms with van der Waals surface area (Å²) >= 11 is 0. The minimum absolute atomic E-state index is 0.294. The molecule has 0 radical (unpaired) electrons. The summed E-state index contributed by atoms with van der Waals surface area (Å²) in [5.41, 5.74) is 10.9. The summed E-state index contributed by atoms with van der Waals surface area (Å²) in [4.78, 5) is 4.37. The van der Waals surface area contributed by atoms with Crippen LogP contribution < -0.4 is 10.9 Å². The van der Waals surface area contributed by atoms with Gasteiger partial charge in [0.25, 0.3) is 5.95 Å². The highest BCUT2D eigenvalue weighted by Crippen LogP contribution is 2.10. The maximum atomic E-state index is 4.37. The van der Waals surface area contributed by atoms with Crippen LogP contribution in [0.3, 0.4) is 0 Å². The first-order chi connectivity index (χ1) is 14.2. The number of anilines is 2. The second-order valence-electron chi connectivity index (χ2n) is 6.50. The van der Waals surface area contributed by atoms with Crippen LogP contribution in [0.25, 0.3) is 0 Å². The van der Waals surface area contributed by atoms with Crippen molar-refractivity contribution >= 4 is 24.2 Å². The van der Waals surface area contributed by atoms with Crippen LogP contribution >= 0.6 is 0 Å². The number of aryl methyl sites for hydroxylation is 3. The first kappa shape index (κ1) is 20.1. The number of rotatable bonds is 8. The van der Waals surface area contributed by atoms with Crippen molar-refractivity contribution in [2.24, 2.45) is 10.2 Å². The lowest BCUT2D eigenvalue weighted by molar-refractivity contribution is 0.922. The molecule has 7 heteroatoms. The Morgan fingerprint density at radius 2 is 1.28 bits per heavy atom. The maximum absolute atomic E-state index is 4.37. The fourth-order valence-corrected chi connectivity index (χ4v) is 2.54. The van der Waals surface area contributed by atoms with E-state index in [9.17, 15) is 0 Å². The molecular formula is C22H25N7. The summed E-state index contributed by atoms with van der Waals surface area (Å²) in [7, 11) is 0. The van der Waals surface area contributed by atoms with Crippen molar-refractivity contribution < 1.29 is 0 Å². The number of nitrogens with one attached hydrogen (secondary N) is 2. The Morgan fingerprint density at radius 1 is 0.759 bits per heavy atom. The summed E-state index contributed by atoms with van der Waals surface area (Å²) in [6.45, 7) is 6.08. The second-order valence-corrected chi connectivity index (χ2v) is 6.50. The fourth-order valence-electron chi connectivity index (χ4n) is 2.54. The third-order valence-corrected chi connectivity index (χ3v) is 4.39. The third-order valence-electron chi connectivity index (χ3n) is 4.39. The molecule has 3 rings (SSSR count). The molecule has 0 fully saturated rings. The van der Waals surface area contributed by atoms with Crippen molar-refractivity contribution in [2.45, 2.75) is 33.6 Å². The Labute approximate surface area is 171 Å². The van der Waals surface area contributed by atoms with Gasteiger partial charge in [-0.25, -0.2) is 5.43 Å². The molecule has 29 heavy (non-hydrogen) atoms. The summed E-state index contributed by atoms with van der Waals surface area (Å²) < 4.78 is 0. The molecule has 0 aliphatic heterocycles. The van der Waals surface area contributed by atoms with E-state index >= 15 is 0 Å². The van der Waals surface area contributed by atoms with Crippen LogP contribution in [0.1, 0.15) is 41.8 Å². The largest absolute Gasteiger partial charge is 0.265 e. The minimum atomic E-state index is 0.294. The quantitative estimate of drug-likeness (QED) is 0.447. The van der Waals surface area contributed by atoms with Crippen LogP contribution in [0.15, 0.2) is 58.7 Å². The third kappa shape index (κ3) is 5.93. The SMILES string of the molecule is CCc1ccc(C=NNc2nnc(C)c(NN=Cc3ccc(CC)cc3)n2)cc1. The van der Waals surface area contributed by atoms with E-state index in [2.05, 4.69) is 74.3 Å². The summed E-state index contributed by atoms with van der Waals surface area (Å²) in [6, 6.07) is 16.5. The number of hydrogen-bond acceptors (Lipinski definition) is 7. The van der Waals surface area contributed by atoms with Crippen molar-refractivity contribution in [3.8, 4) is 0 Å².